The maximum Gasteiger partial charge on any atom is 0.171 e. The van der Waals surface area contributed by atoms with Crippen LogP contribution in [0.3, 0.4) is 0 Å². The summed E-state index contributed by atoms with van der Waals surface area (Å²) in [6.45, 7) is 4.58. The highest BCUT2D eigenvalue weighted by atomic mass is 16.7. The molecule has 1 N–H and O–H groups in total. The molecule has 4 heteroatoms. The summed E-state index contributed by atoms with van der Waals surface area (Å²) in [5, 5.41) is 3.39. The zero-order chi connectivity index (χ0) is 15.0. The van der Waals surface area contributed by atoms with Crippen molar-refractivity contribution >= 4 is 0 Å². The van der Waals surface area contributed by atoms with Gasteiger partial charge in [-0.25, -0.2) is 0 Å². The summed E-state index contributed by atoms with van der Waals surface area (Å²) in [6.07, 6.45) is 11.0. The molecule has 1 saturated heterocycles. The Hall–Kier alpha value is -0.160. The fraction of sp³-hybridized carbons (Fsp3) is 1.00. The Morgan fingerprint density at radius 3 is 2.52 bits per heavy atom. The van der Waals surface area contributed by atoms with Gasteiger partial charge in [0, 0.05) is 25.5 Å². The van der Waals surface area contributed by atoms with Crippen LogP contribution < -0.4 is 5.32 Å². The topological polar surface area (TPSA) is 39.7 Å². The Kier molecular flexibility index (Phi) is 7.44. The molecule has 1 aliphatic carbocycles. The fourth-order valence-corrected chi connectivity index (χ4v) is 3.49. The number of unbranched alkanes of at least 4 members (excludes halogenated alkanes) is 5. The van der Waals surface area contributed by atoms with Gasteiger partial charge in [-0.15, -0.1) is 0 Å². The second-order valence-corrected chi connectivity index (χ2v) is 6.42. The highest BCUT2D eigenvalue weighted by Gasteiger charge is 2.45. The van der Waals surface area contributed by atoms with E-state index in [0.29, 0.717) is 6.04 Å². The van der Waals surface area contributed by atoms with Crippen LogP contribution in [-0.2, 0) is 14.2 Å². The van der Waals surface area contributed by atoms with Crippen molar-refractivity contribution in [2.24, 2.45) is 0 Å². The van der Waals surface area contributed by atoms with E-state index >= 15 is 0 Å². The van der Waals surface area contributed by atoms with Gasteiger partial charge in [-0.3, -0.25) is 0 Å². The summed E-state index contributed by atoms with van der Waals surface area (Å²) in [6, 6.07) is 0.434. The van der Waals surface area contributed by atoms with Crippen molar-refractivity contribution in [2.45, 2.75) is 82.6 Å². The predicted octanol–water partition coefficient (Wildman–Crippen LogP) is 3.25. The molecule has 2 unspecified atom stereocenters. The first-order valence-corrected chi connectivity index (χ1v) is 8.86. The molecule has 0 aromatic carbocycles. The lowest BCUT2D eigenvalue weighted by Crippen LogP contribution is -2.51. The highest BCUT2D eigenvalue weighted by molar-refractivity contribution is 4.91. The second kappa shape index (κ2) is 9.09. The summed E-state index contributed by atoms with van der Waals surface area (Å²) >= 11 is 0. The molecule has 2 rings (SSSR count). The SMILES string of the molecule is CCCCCCCCOC1CC2(CCC1NC)OCCO2. The summed E-state index contributed by atoms with van der Waals surface area (Å²) in [7, 11) is 2.03. The third-order valence-corrected chi connectivity index (χ3v) is 4.81. The molecule has 2 aliphatic rings. The van der Waals surface area contributed by atoms with Crippen LogP contribution in [0.25, 0.3) is 0 Å². The van der Waals surface area contributed by atoms with E-state index in [1.165, 1.54) is 38.5 Å². The minimum absolute atomic E-state index is 0.220. The number of ether oxygens (including phenoxy) is 3. The van der Waals surface area contributed by atoms with E-state index < -0.39 is 0 Å². The summed E-state index contributed by atoms with van der Waals surface area (Å²) in [5.74, 6) is -0.348. The van der Waals surface area contributed by atoms with Crippen LogP contribution in [-0.4, -0.2) is 44.8 Å². The predicted molar refractivity (Wildman–Crippen MR) is 84.4 cm³/mol. The lowest BCUT2D eigenvalue weighted by molar-refractivity contribution is -0.206. The molecular weight excluding hydrogens is 266 g/mol. The molecule has 1 aliphatic heterocycles. The lowest BCUT2D eigenvalue weighted by atomic mass is 9.87. The van der Waals surface area contributed by atoms with Gasteiger partial charge in [0.2, 0.25) is 0 Å². The monoisotopic (exact) mass is 299 g/mol. The molecule has 0 aromatic heterocycles. The van der Waals surface area contributed by atoms with Crippen molar-refractivity contribution in [3.63, 3.8) is 0 Å². The minimum atomic E-state index is -0.348. The maximum absolute atomic E-state index is 6.16. The summed E-state index contributed by atoms with van der Waals surface area (Å²) in [5.41, 5.74) is 0. The number of nitrogens with one attached hydrogen (secondary N) is 1. The highest BCUT2D eigenvalue weighted by Crippen LogP contribution is 2.37. The summed E-state index contributed by atoms with van der Waals surface area (Å²) in [4.78, 5) is 0. The van der Waals surface area contributed by atoms with Crippen molar-refractivity contribution in [3.05, 3.63) is 0 Å². The second-order valence-electron chi connectivity index (χ2n) is 6.42. The van der Waals surface area contributed by atoms with E-state index in [1.807, 2.05) is 7.05 Å². The lowest BCUT2D eigenvalue weighted by Gasteiger charge is -2.40. The smallest absolute Gasteiger partial charge is 0.171 e. The van der Waals surface area contributed by atoms with Crippen LogP contribution >= 0.6 is 0 Å². The normalized spacial score (nSPS) is 28.3. The minimum Gasteiger partial charge on any atom is -0.376 e. The number of likely N-dealkylation sites (N-methyl/N-ethyl adjacent to an activating group) is 1. The number of hydrogen-bond donors (Lipinski definition) is 1. The third-order valence-electron chi connectivity index (χ3n) is 4.81. The van der Waals surface area contributed by atoms with E-state index in [1.54, 1.807) is 0 Å². The molecule has 124 valence electrons. The molecular formula is C17H33NO3. The van der Waals surface area contributed by atoms with Crippen LogP contribution in [0.2, 0.25) is 0 Å². The van der Waals surface area contributed by atoms with E-state index in [0.717, 1.165) is 39.1 Å². The van der Waals surface area contributed by atoms with Crippen molar-refractivity contribution in [1.82, 2.24) is 5.32 Å². The van der Waals surface area contributed by atoms with E-state index in [2.05, 4.69) is 12.2 Å². The van der Waals surface area contributed by atoms with Gasteiger partial charge >= 0.3 is 0 Å². The van der Waals surface area contributed by atoms with Crippen LogP contribution in [0.5, 0.6) is 0 Å². The molecule has 4 nitrogen and oxygen atoms in total. The van der Waals surface area contributed by atoms with Gasteiger partial charge in [0.05, 0.1) is 19.3 Å². The Balaban J connectivity index is 1.66. The van der Waals surface area contributed by atoms with Crippen molar-refractivity contribution < 1.29 is 14.2 Å². The van der Waals surface area contributed by atoms with Crippen molar-refractivity contribution in [1.29, 1.82) is 0 Å². The first-order chi connectivity index (χ1) is 10.3. The van der Waals surface area contributed by atoms with Crippen LogP contribution in [0, 0.1) is 0 Å². The van der Waals surface area contributed by atoms with Gasteiger partial charge in [0.15, 0.2) is 5.79 Å². The summed E-state index contributed by atoms with van der Waals surface area (Å²) < 4.78 is 17.8. The molecule has 0 amide bonds. The van der Waals surface area contributed by atoms with E-state index in [-0.39, 0.29) is 11.9 Å². The molecule has 0 aromatic rings. The molecule has 2 atom stereocenters. The largest absolute Gasteiger partial charge is 0.376 e. The molecule has 2 fully saturated rings. The first-order valence-electron chi connectivity index (χ1n) is 8.86. The maximum atomic E-state index is 6.16. The van der Waals surface area contributed by atoms with Crippen molar-refractivity contribution in [2.75, 3.05) is 26.9 Å². The quantitative estimate of drug-likeness (QED) is 0.663. The molecule has 1 heterocycles. The zero-order valence-electron chi connectivity index (χ0n) is 13.9. The van der Waals surface area contributed by atoms with Gasteiger partial charge in [0.25, 0.3) is 0 Å². The molecule has 1 spiro atoms. The average Bonchev–Trinajstić information content (AvgIpc) is 2.95. The standard InChI is InChI=1S/C17H33NO3/c1-3-4-5-6-7-8-11-19-16-14-17(20-12-13-21-17)10-9-15(16)18-2/h15-16,18H,3-14H2,1-2H3. The van der Waals surface area contributed by atoms with Gasteiger partial charge in [-0.05, 0) is 19.9 Å². The van der Waals surface area contributed by atoms with Crippen LogP contribution in [0.4, 0.5) is 0 Å². The Morgan fingerprint density at radius 2 is 1.81 bits per heavy atom. The van der Waals surface area contributed by atoms with Gasteiger partial charge < -0.3 is 19.5 Å². The molecule has 21 heavy (non-hydrogen) atoms. The van der Waals surface area contributed by atoms with E-state index in [4.69, 9.17) is 14.2 Å². The molecule has 0 bridgehead atoms. The molecule has 1 saturated carbocycles. The average molecular weight is 299 g/mol. The molecule has 0 radical (unpaired) electrons. The van der Waals surface area contributed by atoms with Crippen molar-refractivity contribution in [3.8, 4) is 0 Å². The number of hydrogen-bond acceptors (Lipinski definition) is 4. The Morgan fingerprint density at radius 1 is 1.10 bits per heavy atom. The zero-order valence-corrected chi connectivity index (χ0v) is 13.9. The Labute approximate surface area is 129 Å². The van der Waals surface area contributed by atoms with Crippen LogP contribution in [0.15, 0.2) is 0 Å². The fourth-order valence-electron chi connectivity index (χ4n) is 3.49. The van der Waals surface area contributed by atoms with Crippen LogP contribution in [0.1, 0.15) is 64.7 Å². The van der Waals surface area contributed by atoms with Gasteiger partial charge in [-0.1, -0.05) is 39.0 Å². The Bertz CT molecular complexity index is 279. The third kappa shape index (κ3) is 5.20. The van der Waals surface area contributed by atoms with E-state index in [9.17, 15) is 0 Å². The number of rotatable bonds is 9. The van der Waals surface area contributed by atoms with Gasteiger partial charge in [-0.2, -0.15) is 0 Å². The van der Waals surface area contributed by atoms with Gasteiger partial charge in [0.1, 0.15) is 0 Å². The first kappa shape index (κ1) is 17.2.